The van der Waals surface area contributed by atoms with E-state index < -0.39 is 0 Å². The van der Waals surface area contributed by atoms with Crippen molar-refractivity contribution in [1.29, 1.82) is 0 Å². The summed E-state index contributed by atoms with van der Waals surface area (Å²) in [6, 6.07) is 7.54. The Bertz CT molecular complexity index is 610. The van der Waals surface area contributed by atoms with E-state index in [1.54, 1.807) is 25.6 Å². The lowest BCUT2D eigenvalue weighted by atomic mass is 10.1. The summed E-state index contributed by atoms with van der Waals surface area (Å²) >= 11 is 1.65. The number of aryl methyl sites for hydroxylation is 1. The Kier molecular flexibility index (Phi) is 5.83. The zero-order valence-corrected chi connectivity index (χ0v) is 13.9. The highest BCUT2D eigenvalue weighted by molar-refractivity contribution is 7.07. The van der Waals surface area contributed by atoms with Gasteiger partial charge in [-0.05, 0) is 47.9 Å². The van der Waals surface area contributed by atoms with Crippen LogP contribution in [-0.4, -0.2) is 20.1 Å². The van der Waals surface area contributed by atoms with Crippen LogP contribution in [0.15, 0.2) is 35.0 Å². The van der Waals surface area contributed by atoms with E-state index in [9.17, 15) is 4.79 Å². The maximum atomic E-state index is 12.1. The second-order valence-corrected chi connectivity index (χ2v) is 5.81. The van der Waals surface area contributed by atoms with Crippen LogP contribution in [0.1, 0.15) is 30.5 Å². The van der Waals surface area contributed by atoms with E-state index in [1.165, 1.54) is 5.56 Å². The number of carbonyl (C=O) groups is 1. The molecule has 0 bridgehead atoms. The Morgan fingerprint density at radius 2 is 2.09 bits per heavy atom. The maximum absolute atomic E-state index is 12.1. The van der Waals surface area contributed by atoms with Crippen LogP contribution in [0.25, 0.3) is 0 Å². The average Bonchev–Trinajstić information content (AvgIpc) is 3.05. The molecule has 0 aliphatic carbocycles. The lowest BCUT2D eigenvalue weighted by molar-refractivity contribution is -0.121. The topological polar surface area (TPSA) is 47.6 Å². The van der Waals surface area contributed by atoms with Crippen LogP contribution in [0.5, 0.6) is 11.5 Å². The standard InChI is InChI=1S/C17H21NO3S/c1-12(15-6-5-14(20-2)10-16(15)21-3)18-17(19)7-4-13-8-9-22-11-13/h5-6,8-12H,4,7H2,1-3H3,(H,18,19). The van der Waals surface area contributed by atoms with Crippen LogP contribution in [0.2, 0.25) is 0 Å². The number of rotatable bonds is 7. The summed E-state index contributed by atoms with van der Waals surface area (Å²) in [5, 5.41) is 7.11. The van der Waals surface area contributed by atoms with Gasteiger partial charge >= 0.3 is 0 Å². The second kappa shape index (κ2) is 7.84. The minimum absolute atomic E-state index is 0.0385. The molecular weight excluding hydrogens is 298 g/mol. The molecule has 0 fully saturated rings. The number of carbonyl (C=O) groups excluding carboxylic acids is 1. The number of ether oxygens (including phenoxy) is 2. The van der Waals surface area contributed by atoms with Gasteiger partial charge in [0, 0.05) is 18.1 Å². The van der Waals surface area contributed by atoms with Gasteiger partial charge in [0.2, 0.25) is 5.91 Å². The molecule has 0 aliphatic rings. The fourth-order valence-corrected chi connectivity index (χ4v) is 2.96. The molecule has 1 heterocycles. The molecule has 0 aliphatic heterocycles. The van der Waals surface area contributed by atoms with E-state index in [0.717, 1.165) is 17.7 Å². The van der Waals surface area contributed by atoms with Crippen molar-refractivity contribution < 1.29 is 14.3 Å². The summed E-state index contributed by atoms with van der Waals surface area (Å²) in [4.78, 5) is 12.1. The van der Waals surface area contributed by atoms with Gasteiger partial charge in [-0.25, -0.2) is 0 Å². The van der Waals surface area contributed by atoms with Crippen LogP contribution >= 0.6 is 11.3 Å². The normalized spacial score (nSPS) is 11.8. The molecule has 22 heavy (non-hydrogen) atoms. The summed E-state index contributed by atoms with van der Waals surface area (Å²) in [6.45, 7) is 1.95. The summed E-state index contributed by atoms with van der Waals surface area (Å²) in [6.07, 6.45) is 1.25. The van der Waals surface area contributed by atoms with Gasteiger partial charge in [-0.15, -0.1) is 0 Å². The predicted octanol–water partition coefficient (Wildman–Crippen LogP) is 3.58. The number of thiophene rings is 1. The van der Waals surface area contributed by atoms with Crippen molar-refractivity contribution in [2.24, 2.45) is 0 Å². The molecule has 0 saturated carbocycles. The van der Waals surface area contributed by atoms with Crippen molar-refractivity contribution in [2.45, 2.75) is 25.8 Å². The number of hydrogen-bond donors (Lipinski definition) is 1. The van der Waals surface area contributed by atoms with Crippen molar-refractivity contribution >= 4 is 17.2 Å². The zero-order chi connectivity index (χ0) is 15.9. The number of benzene rings is 1. The third-order valence-electron chi connectivity index (χ3n) is 3.51. The number of methoxy groups -OCH3 is 2. The molecule has 1 amide bonds. The molecule has 0 spiro atoms. The smallest absolute Gasteiger partial charge is 0.220 e. The lowest BCUT2D eigenvalue weighted by Crippen LogP contribution is -2.27. The molecule has 1 unspecified atom stereocenters. The van der Waals surface area contributed by atoms with Gasteiger partial charge in [0.15, 0.2) is 0 Å². The summed E-state index contributed by atoms with van der Waals surface area (Å²) in [7, 11) is 3.23. The molecular formula is C17H21NO3S. The van der Waals surface area contributed by atoms with Crippen LogP contribution in [-0.2, 0) is 11.2 Å². The van der Waals surface area contributed by atoms with Crippen molar-refractivity contribution in [3.8, 4) is 11.5 Å². The first-order chi connectivity index (χ1) is 10.6. The molecule has 1 aromatic heterocycles. The SMILES string of the molecule is COc1ccc(C(C)NC(=O)CCc2ccsc2)c(OC)c1. The van der Waals surface area contributed by atoms with Crippen molar-refractivity contribution in [1.82, 2.24) is 5.32 Å². The Hall–Kier alpha value is -2.01. The highest BCUT2D eigenvalue weighted by atomic mass is 32.1. The van der Waals surface area contributed by atoms with Gasteiger partial charge in [0.1, 0.15) is 11.5 Å². The second-order valence-electron chi connectivity index (χ2n) is 5.03. The van der Waals surface area contributed by atoms with Crippen LogP contribution < -0.4 is 14.8 Å². The highest BCUT2D eigenvalue weighted by Gasteiger charge is 2.15. The fraction of sp³-hybridized carbons (Fsp3) is 0.353. The summed E-state index contributed by atoms with van der Waals surface area (Å²) in [5.41, 5.74) is 2.14. The Morgan fingerprint density at radius 1 is 1.27 bits per heavy atom. The molecule has 1 N–H and O–H groups in total. The van der Waals surface area contributed by atoms with Crippen LogP contribution in [0.3, 0.4) is 0 Å². The quantitative estimate of drug-likeness (QED) is 0.848. The molecule has 0 radical (unpaired) electrons. The predicted molar refractivity (Wildman–Crippen MR) is 88.7 cm³/mol. The number of hydrogen-bond acceptors (Lipinski definition) is 4. The third kappa shape index (κ3) is 4.24. The zero-order valence-electron chi connectivity index (χ0n) is 13.1. The summed E-state index contributed by atoms with van der Waals surface area (Å²) in [5.74, 6) is 1.48. The molecule has 1 aromatic carbocycles. The fourth-order valence-electron chi connectivity index (χ4n) is 2.26. The average molecular weight is 319 g/mol. The molecule has 118 valence electrons. The van der Waals surface area contributed by atoms with Gasteiger partial charge in [-0.3, -0.25) is 4.79 Å². The van der Waals surface area contributed by atoms with Gasteiger partial charge < -0.3 is 14.8 Å². The van der Waals surface area contributed by atoms with Gasteiger partial charge in [0.25, 0.3) is 0 Å². The molecule has 2 aromatic rings. The van der Waals surface area contributed by atoms with E-state index in [0.29, 0.717) is 12.2 Å². The Labute approximate surface area is 135 Å². The van der Waals surface area contributed by atoms with Crippen molar-refractivity contribution in [2.75, 3.05) is 14.2 Å². The van der Waals surface area contributed by atoms with Gasteiger partial charge in [-0.2, -0.15) is 11.3 Å². The van der Waals surface area contributed by atoms with Crippen molar-refractivity contribution in [3.63, 3.8) is 0 Å². The van der Waals surface area contributed by atoms with Gasteiger partial charge in [0.05, 0.1) is 20.3 Å². The van der Waals surface area contributed by atoms with Gasteiger partial charge in [-0.1, -0.05) is 0 Å². The molecule has 0 saturated heterocycles. The summed E-state index contributed by atoms with van der Waals surface area (Å²) < 4.78 is 10.6. The van der Waals surface area contributed by atoms with Crippen LogP contribution in [0, 0.1) is 0 Å². The van der Waals surface area contributed by atoms with E-state index >= 15 is 0 Å². The number of nitrogens with one attached hydrogen (secondary N) is 1. The van der Waals surface area contributed by atoms with E-state index in [4.69, 9.17) is 9.47 Å². The minimum atomic E-state index is -0.115. The molecule has 4 nitrogen and oxygen atoms in total. The number of amides is 1. The van der Waals surface area contributed by atoms with Crippen LogP contribution in [0.4, 0.5) is 0 Å². The minimum Gasteiger partial charge on any atom is -0.497 e. The monoisotopic (exact) mass is 319 g/mol. The Balaban J connectivity index is 1.96. The molecule has 5 heteroatoms. The molecule has 2 rings (SSSR count). The lowest BCUT2D eigenvalue weighted by Gasteiger charge is -2.18. The maximum Gasteiger partial charge on any atom is 0.220 e. The largest absolute Gasteiger partial charge is 0.497 e. The van der Waals surface area contributed by atoms with E-state index in [1.807, 2.05) is 36.6 Å². The first kappa shape index (κ1) is 16.4. The Morgan fingerprint density at radius 3 is 2.73 bits per heavy atom. The van der Waals surface area contributed by atoms with E-state index in [-0.39, 0.29) is 11.9 Å². The van der Waals surface area contributed by atoms with Crippen molar-refractivity contribution in [3.05, 3.63) is 46.2 Å². The third-order valence-corrected chi connectivity index (χ3v) is 4.24. The first-order valence-electron chi connectivity index (χ1n) is 7.16. The first-order valence-corrected chi connectivity index (χ1v) is 8.10. The highest BCUT2D eigenvalue weighted by Crippen LogP contribution is 2.29. The van der Waals surface area contributed by atoms with E-state index in [2.05, 4.69) is 10.7 Å². The molecule has 1 atom stereocenters.